The molecule has 0 heterocycles. The van der Waals surface area contributed by atoms with E-state index >= 15 is 0 Å². The highest BCUT2D eigenvalue weighted by Gasteiger charge is 2.15. The monoisotopic (exact) mass is 480 g/mol. The van der Waals surface area contributed by atoms with Crippen molar-refractivity contribution >= 4 is 67.4 Å². The van der Waals surface area contributed by atoms with Crippen LogP contribution in [0.1, 0.15) is 10.4 Å². The number of hydrogen-bond acceptors (Lipinski definition) is 3. The zero-order chi connectivity index (χ0) is 15.6. The molecule has 0 radical (unpaired) electrons. The van der Waals surface area contributed by atoms with Crippen LogP contribution < -0.4 is 5.32 Å². The molecule has 8 heteroatoms. The summed E-state index contributed by atoms with van der Waals surface area (Å²) in [6.07, 6.45) is 0. The molecule has 0 aliphatic carbocycles. The van der Waals surface area contributed by atoms with Crippen LogP contribution in [0, 0.1) is 13.7 Å². The van der Waals surface area contributed by atoms with Crippen LogP contribution >= 0.6 is 50.1 Å². The minimum atomic E-state index is -0.598. The molecule has 5 nitrogen and oxygen atoms in total. The van der Waals surface area contributed by atoms with Gasteiger partial charge in [0.15, 0.2) is 0 Å². The first-order valence-electron chi connectivity index (χ1n) is 5.59. The fourth-order valence-corrected chi connectivity index (χ4v) is 2.70. The second-order valence-electron chi connectivity index (χ2n) is 4.00. The van der Waals surface area contributed by atoms with Gasteiger partial charge in [-0.3, -0.25) is 14.9 Å². The third kappa shape index (κ3) is 3.92. The van der Waals surface area contributed by atoms with E-state index in [-0.39, 0.29) is 16.6 Å². The van der Waals surface area contributed by atoms with Crippen LogP contribution in [0.4, 0.5) is 11.4 Å². The highest BCUT2D eigenvalue weighted by molar-refractivity contribution is 14.1. The minimum absolute atomic E-state index is 0.0217. The van der Waals surface area contributed by atoms with Crippen LogP contribution in [-0.4, -0.2) is 10.8 Å². The van der Waals surface area contributed by atoms with Crippen molar-refractivity contribution in [1.82, 2.24) is 0 Å². The summed E-state index contributed by atoms with van der Waals surface area (Å²) in [5.41, 5.74) is 0.498. The number of halogens is 3. The number of nitro benzene ring substituents is 1. The Kier molecular flexibility index (Phi) is 5.17. The number of nitro groups is 1. The van der Waals surface area contributed by atoms with Crippen LogP contribution in [0.3, 0.4) is 0 Å². The maximum absolute atomic E-state index is 12.2. The van der Waals surface area contributed by atoms with Crippen molar-refractivity contribution in [2.45, 2.75) is 0 Å². The summed E-state index contributed by atoms with van der Waals surface area (Å²) in [5.74, 6) is -0.364. The van der Waals surface area contributed by atoms with Gasteiger partial charge in [0.2, 0.25) is 0 Å². The second kappa shape index (κ2) is 6.71. The molecule has 2 aromatic carbocycles. The van der Waals surface area contributed by atoms with Gasteiger partial charge in [-0.15, -0.1) is 0 Å². The van der Waals surface area contributed by atoms with Gasteiger partial charge in [-0.2, -0.15) is 0 Å². The van der Waals surface area contributed by atoms with Crippen molar-refractivity contribution in [1.29, 1.82) is 0 Å². The molecular formula is C13H7BrClIN2O3. The Balaban J connectivity index is 2.29. The molecule has 0 spiro atoms. The smallest absolute Gasteiger partial charge is 0.289 e. The number of anilines is 1. The van der Waals surface area contributed by atoms with Gasteiger partial charge in [-0.1, -0.05) is 11.6 Å². The number of carbonyl (C=O) groups is 1. The molecule has 0 atom stereocenters. The van der Waals surface area contributed by atoms with Gasteiger partial charge >= 0.3 is 0 Å². The maximum Gasteiger partial charge on any atom is 0.289 e. The molecule has 0 aromatic heterocycles. The molecule has 2 rings (SSSR count). The lowest BCUT2D eigenvalue weighted by Crippen LogP contribution is -2.13. The molecule has 0 saturated heterocycles. The van der Waals surface area contributed by atoms with Crippen LogP contribution in [0.15, 0.2) is 40.9 Å². The number of nitrogens with one attached hydrogen (secondary N) is 1. The Morgan fingerprint density at radius 2 is 2.00 bits per heavy atom. The summed E-state index contributed by atoms with van der Waals surface area (Å²) in [6.45, 7) is 0. The van der Waals surface area contributed by atoms with Gasteiger partial charge in [0.25, 0.3) is 11.6 Å². The number of rotatable bonds is 3. The number of amides is 1. The van der Waals surface area contributed by atoms with Gasteiger partial charge in [-0.25, -0.2) is 0 Å². The number of carbonyl (C=O) groups excluding carboxylic acids is 1. The van der Waals surface area contributed by atoms with E-state index in [1.807, 2.05) is 6.07 Å². The highest BCUT2D eigenvalue weighted by atomic mass is 127. The largest absolute Gasteiger partial charge is 0.322 e. The van der Waals surface area contributed by atoms with E-state index in [0.29, 0.717) is 15.7 Å². The van der Waals surface area contributed by atoms with Crippen molar-refractivity contribution in [3.63, 3.8) is 0 Å². The molecule has 21 heavy (non-hydrogen) atoms. The van der Waals surface area contributed by atoms with Crippen molar-refractivity contribution in [2.75, 3.05) is 5.32 Å². The lowest BCUT2D eigenvalue weighted by molar-refractivity contribution is -0.384. The maximum atomic E-state index is 12.2. The molecular weight excluding hydrogens is 474 g/mol. The Hall–Kier alpha value is -1.19. The van der Waals surface area contributed by atoms with Crippen LogP contribution in [0.5, 0.6) is 0 Å². The highest BCUT2D eigenvalue weighted by Crippen LogP contribution is 2.28. The van der Waals surface area contributed by atoms with Crippen LogP contribution in [-0.2, 0) is 0 Å². The summed E-state index contributed by atoms with van der Waals surface area (Å²) < 4.78 is 1.55. The molecule has 0 aliphatic rings. The van der Waals surface area contributed by atoms with Crippen LogP contribution in [0.2, 0.25) is 5.02 Å². The summed E-state index contributed by atoms with van der Waals surface area (Å²) in [7, 11) is 0. The normalized spacial score (nSPS) is 10.2. The average molecular weight is 481 g/mol. The Morgan fingerprint density at radius 1 is 1.29 bits per heavy atom. The molecule has 0 aliphatic heterocycles. The predicted octanol–water partition coefficient (Wildman–Crippen LogP) is 4.87. The number of hydrogen-bond donors (Lipinski definition) is 1. The molecule has 1 amide bonds. The number of benzene rings is 2. The fourth-order valence-electron chi connectivity index (χ4n) is 1.60. The average Bonchev–Trinajstić information content (AvgIpc) is 2.43. The standard InChI is InChI=1S/C13H7BrClIN2O3/c14-10-3-1-7(16)5-9(10)13(19)17-8-2-4-11(15)12(6-8)18(20)21/h1-6H,(H,17,19). The first-order chi connectivity index (χ1) is 9.88. The Labute approximate surface area is 147 Å². The van der Waals surface area contributed by atoms with Crippen molar-refractivity contribution in [3.8, 4) is 0 Å². The van der Waals surface area contributed by atoms with E-state index in [1.54, 1.807) is 12.1 Å². The van der Waals surface area contributed by atoms with Gasteiger partial charge < -0.3 is 5.32 Å². The summed E-state index contributed by atoms with van der Waals surface area (Å²) in [6, 6.07) is 9.44. The first kappa shape index (κ1) is 16.2. The second-order valence-corrected chi connectivity index (χ2v) is 6.51. The Morgan fingerprint density at radius 3 is 2.67 bits per heavy atom. The van der Waals surface area contributed by atoms with E-state index in [2.05, 4.69) is 43.8 Å². The van der Waals surface area contributed by atoms with Gasteiger partial charge in [-0.05, 0) is 68.9 Å². The van der Waals surface area contributed by atoms with Crippen LogP contribution in [0.25, 0.3) is 0 Å². The summed E-state index contributed by atoms with van der Waals surface area (Å²) >= 11 is 11.1. The molecule has 0 saturated carbocycles. The topological polar surface area (TPSA) is 72.2 Å². The van der Waals surface area contributed by atoms with E-state index < -0.39 is 4.92 Å². The third-order valence-electron chi connectivity index (χ3n) is 2.57. The van der Waals surface area contributed by atoms with Gasteiger partial charge in [0.1, 0.15) is 5.02 Å². The van der Waals surface area contributed by atoms with E-state index in [4.69, 9.17) is 11.6 Å². The van der Waals surface area contributed by atoms with Crippen molar-refractivity contribution < 1.29 is 9.72 Å². The summed E-state index contributed by atoms with van der Waals surface area (Å²) in [4.78, 5) is 22.4. The zero-order valence-corrected chi connectivity index (χ0v) is 14.8. The van der Waals surface area contributed by atoms with Gasteiger partial charge in [0.05, 0.1) is 10.5 Å². The zero-order valence-electron chi connectivity index (χ0n) is 10.3. The summed E-state index contributed by atoms with van der Waals surface area (Å²) in [5, 5.41) is 13.5. The molecule has 0 unspecified atom stereocenters. The molecule has 0 bridgehead atoms. The quantitative estimate of drug-likeness (QED) is 0.386. The third-order valence-corrected chi connectivity index (χ3v) is 4.26. The molecule has 1 N–H and O–H groups in total. The van der Waals surface area contributed by atoms with E-state index in [9.17, 15) is 14.9 Å². The Bertz CT molecular complexity index is 739. The van der Waals surface area contributed by atoms with Crippen molar-refractivity contribution in [2.24, 2.45) is 0 Å². The SMILES string of the molecule is O=C(Nc1ccc(Cl)c([N+](=O)[O-])c1)c1cc(I)ccc1Br. The van der Waals surface area contributed by atoms with E-state index in [0.717, 1.165) is 3.57 Å². The lowest BCUT2D eigenvalue weighted by atomic mass is 10.2. The first-order valence-corrected chi connectivity index (χ1v) is 7.84. The lowest BCUT2D eigenvalue weighted by Gasteiger charge is -2.08. The molecule has 108 valence electrons. The molecule has 2 aromatic rings. The minimum Gasteiger partial charge on any atom is -0.322 e. The number of nitrogens with zero attached hydrogens (tertiary/aromatic N) is 1. The molecule has 0 fully saturated rings. The van der Waals surface area contributed by atoms with Gasteiger partial charge in [0, 0.05) is 19.8 Å². The van der Waals surface area contributed by atoms with E-state index in [1.165, 1.54) is 18.2 Å². The fraction of sp³-hybridized carbons (Fsp3) is 0. The predicted molar refractivity (Wildman–Crippen MR) is 92.9 cm³/mol. The van der Waals surface area contributed by atoms with Crippen molar-refractivity contribution in [3.05, 3.63) is 65.1 Å².